The van der Waals surface area contributed by atoms with Crippen LogP contribution >= 0.6 is 11.6 Å². The summed E-state index contributed by atoms with van der Waals surface area (Å²) in [6.45, 7) is 1.92. The first-order chi connectivity index (χ1) is 4.31. The molecule has 0 spiro atoms. The summed E-state index contributed by atoms with van der Waals surface area (Å²) in [6, 6.07) is 0. The van der Waals surface area contributed by atoms with E-state index in [2.05, 4.69) is 0 Å². The van der Waals surface area contributed by atoms with Gasteiger partial charge in [-0.15, -0.1) is 0 Å². The molecule has 0 fully saturated rings. The quantitative estimate of drug-likeness (QED) is 0.464. The van der Waals surface area contributed by atoms with Crippen LogP contribution in [0.2, 0.25) is 0 Å². The zero-order valence-electron chi connectivity index (χ0n) is 5.39. The van der Waals surface area contributed by atoms with Crippen LogP contribution in [-0.2, 0) is 0 Å². The van der Waals surface area contributed by atoms with Gasteiger partial charge in [0.05, 0.1) is 0 Å². The molecule has 0 aliphatic rings. The van der Waals surface area contributed by atoms with Gasteiger partial charge < -0.3 is 5.41 Å². The Bertz CT molecular complexity index is 136. The van der Waals surface area contributed by atoms with Crippen molar-refractivity contribution in [2.45, 2.75) is 13.3 Å². The van der Waals surface area contributed by atoms with Gasteiger partial charge in [0.1, 0.15) is 0 Å². The van der Waals surface area contributed by atoms with E-state index < -0.39 is 0 Å². The molecule has 0 aliphatic carbocycles. The molecule has 1 nitrogen and oxygen atoms in total. The van der Waals surface area contributed by atoms with E-state index in [4.69, 9.17) is 17.0 Å². The van der Waals surface area contributed by atoms with Gasteiger partial charge in [0, 0.05) is 17.7 Å². The molecule has 50 valence electrons. The molecule has 9 heavy (non-hydrogen) atoms. The SMILES string of the molecule is C/C=C\C=C(\Cl)CC=N. The van der Waals surface area contributed by atoms with Crippen LogP contribution in [0.1, 0.15) is 13.3 Å². The average Bonchev–Trinajstić information content (AvgIpc) is 1.85. The highest BCUT2D eigenvalue weighted by atomic mass is 35.5. The smallest absolute Gasteiger partial charge is 0.0233 e. The van der Waals surface area contributed by atoms with Crippen LogP contribution in [0.5, 0.6) is 0 Å². The topological polar surface area (TPSA) is 23.9 Å². The minimum atomic E-state index is 0.534. The summed E-state index contributed by atoms with van der Waals surface area (Å²) in [4.78, 5) is 0. The fourth-order valence-electron chi connectivity index (χ4n) is 0.366. The van der Waals surface area contributed by atoms with Gasteiger partial charge >= 0.3 is 0 Å². The van der Waals surface area contributed by atoms with Crippen LogP contribution in [0, 0.1) is 5.41 Å². The first-order valence-electron chi connectivity index (χ1n) is 2.77. The molecule has 0 amide bonds. The fourth-order valence-corrected chi connectivity index (χ4v) is 0.516. The van der Waals surface area contributed by atoms with Crippen LogP contribution in [0.4, 0.5) is 0 Å². The van der Waals surface area contributed by atoms with E-state index in [-0.39, 0.29) is 0 Å². The Morgan fingerprint density at radius 2 is 2.33 bits per heavy atom. The van der Waals surface area contributed by atoms with E-state index in [0.29, 0.717) is 11.5 Å². The summed E-state index contributed by atoms with van der Waals surface area (Å²) < 4.78 is 0. The van der Waals surface area contributed by atoms with Gasteiger partial charge in [-0.2, -0.15) is 0 Å². The molecule has 0 saturated carbocycles. The second-order valence-electron chi connectivity index (χ2n) is 1.55. The first kappa shape index (κ1) is 8.44. The largest absolute Gasteiger partial charge is 0.313 e. The molecule has 0 aromatic heterocycles. The van der Waals surface area contributed by atoms with Crippen molar-refractivity contribution in [2.75, 3.05) is 0 Å². The third-order valence-electron chi connectivity index (χ3n) is 0.767. The summed E-state index contributed by atoms with van der Waals surface area (Å²) in [5.41, 5.74) is 0. The normalized spacial score (nSPS) is 12.4. The molecule has 0 aromatic carbocycles. The fraction of sp³-hybridized carbons (Fsp3) is 0.286. The summed E-state index contributed by atoms with van der Waals surface area (Å²) in [5, 5.41) is 7.39. The van der Waals surface area contributed by atoms with Crippen LogP contribution in [0.15, 0.2) is 23.3 Å². The molecule has 0 aliphatic heterocycles. The summed E-state index contributed by atoms with van der Waals surface area (Å²) >= 11 is 5.62. The standard InChI is InChI=1S/C7H10ClN/c1-2-3-4-7(8)5-6-9/h2-4,6,9H,5H2,1H3/b3-2-,7-4+,9-6?. The molecule has 0 aromatic rings. The van der Waals surface area contributed by atoms with Crippen molar-refractivity contribution in [1.82, 2.24) is 0 Å². The molecular weight excluding hydrogens is 134 g/mol. The van der Waals surface area contributed by atoms with Gasteiger partial charge in [-0.05, 0) is 13.0 Å². The second-order valence-corrected chi connectivity index (χ2v) is 2.03. The molecule has 1 N–H and O–H groups in total. The van der Waals surface area contributed by atoms with Crippen molar-refractivity contribution in [3.8, 4) is 0 Å². The van der Waals surface area contributed by atoms with Crippen LogP contribution in [-0.4, -0.2) is 6.21 Å². The van der Waals surface area contributed by atoms with E-state index in [0.717, 1.165) is 0 Å². The molecule has 0 rings (SSSR count). The van der Waals surface area contributed by atoms with Crippen LogP contribution < -0.4 is 0 Å². The number of nitrogens with one attached hydrogen (secondary N) is 1. The zero-order chi connectivity index (χ0) is 7.11. The number of allylic oxidation sites excluding steroid dienone is 4. The van der Waals surface area contributed by atoms with Crippen molar-refractivity contribution in [2.24, 2.45) is 0 Å². The molecule has 0 saturated heterocycles. The lowest BCUT2D eigenvalue weighted by molar-refractivity contribution is 1.40. The third kappa shape index (κ3) is 5.31. The summed E-state index contributed by atoms with van der Waals surface area (Å²) in [5.74, 6) is 0. The predicted octanol–water partition coefficient (Wildman–Crippen LogP) is 2.72. The Hall–Kier alpha value is -0.560. The van der Waals surface area contributed by atoms with E-state index in [1.807, 2.05) is 19.1 Å². The summed E-state index contributed by atoms with van der Waals surface area (Å²) in [7, 11) is 0. The van der Waals surface area contributed by atoms with Crippen molar-refractivity contribution >= 4 is 17.8 Å². The maximum Gasteiger partial charge on any atom is 0.0233 e. The first-order valence-corrected chi connectivity index (χ1v) is 3.15. The number of hydrogen-bond acceptors (Lipinski definition) is 1. The van der Waals surface area contributed by atoms with Crippen molar-refractivity contribution in [3.05, 3.63) is 23.3 Å². The number of hydrogen-bond donors (Lipinski definition) is 1. The Balaban J connectivity index is 3.68. The maximum absolute atomic E-state index is 6.69. The van der Waals surface area contributed by atoms with Crippen molar-refractivity contribution in [1.29, 1.82) is 5.41 Å². The molecule has 0 radical (unpaired) electrons. The lowest BCUT2D eigenvalue weighted by atomic mass is 10.4. The Labute approximate surface area is 60.5 Å². The van der Waals surface area contributed by atoms with Gasteiger partial charge in [-0.1, -0.05) is 23.8 Å². The molecule has 2 heteroatoms. The predicted molar refractivity (Wildman–Crippen MR) is 42.2 cm³/mol. The van der Waals surface area contributed by atoms with E-state index in [1.165, 1.54) is 6.21 Å². The van der Waals surface area contributed by atoms with Gasteiger partial charge in [0.2, 0.25) is 0 Å². The molecule has 0 atom stereocenters. The highest BCUT2D eigenvalue weighted by Crippen LogP contribution is 2.03. The highest BCUT2D eigenvalue weighted by Gasteiger charge is 1.82. The zero-order valence-corrected chi connectivity index (χ0v) is 6.15. The average molecular weight is 144 g/mol. The highest BCUT2D eigenvalue weighted by molar-refractivity contribution is 6.30. The molecular formula is C7H10ClN. The lowest BCUT2D eigenvalue weighted by Crippen LogP contribution is -1.70. The Kier molecular flexibility index (Phi) is 5.23. The number of halogens is 1. The molecule has 0 unspecified atom stereocenters. The second kappa shape index (κ2) is 5.57. The van der Waals surface area contributed by atoms with Gasteiger partial charge in [-0.25, -0.2) is 0 Å². The minimum Gasteiger partial charge on any atom is -0.313 e. The molecule has 0 bridgehead atoms. The minimum absolute atomic E-state index is 0.534. The van der Waals surface area contributed by atoms with Gasteiger partial charge in [0.25, 0.3) is 0 Å². The van der Waals surface area contributed by atoms with Crippen molar-refractivity contribution < 1.29 is 0 Å². The van der Waals surface area contributed by atoms with E-state index in [9.17, 15) is 0 Å². The van der Waals surface area contributed by atoms with Crippen LogP contribution in [0.3, 0.4) is 0 Å². The van der Waals surface area contributed by atoms with Gasteiger partial charge in [-0.3, -0.25) is 0 Å². The Morgan fingerprint density at radius 1 is 1.67 bits per heavy atom. The van der Waals surface area contributed by atoms with Gasteiger partial charge in [0.15, 0.2) is 0 Å². The monoisotopic (exact) mass is 143 g/mol. The summed E-state index contributed by atoms with van der Waals surface area (Å²) in [6.07, 6.45) is 7.35. The van der Waals surface area contributed by atoms with Crippen LogP contribution in [0.25, 0.3) is 0 Å². The van der Waals surface area contributed by atoms with E-state index >= 15 is 0 Å². The lowest BCUT2D eigenvalue weighted by Gasteiger charge is -1.84. The van der Waals surface area contributed by atoms with Crippen molar-refractivity contribution in [3.63, 3.8) is 0 Å². The van der Waals surface area contributed by atoms with E-state index in [1.54, 1.807) is 6.08 Å². The molecule has 0 heterocycles. The third-order valence-corrected chi connectivity index (χ3v) is 1.05. The number of rotatable bonds is 3. The maximum atomic E-state index is 6.69. The Morgan fingerprint density at radius 3 is 2.78 bits per heavy atom.